The number of methoxy groups -OCH3 is 1. The Labute approximate surface area is 145 Å². The van der Waals surface area contributed by atoms with Gasteiger partial charge in [0, 0.05) is 5.69 Å². The van der Waals surface area contributed by atoms with Gasteiger partial charge in [-0.3, -0.25) is 10.2 Å². The van der Waals surface area contributed by atoms with Crippen LogP contribution in [0.2, 0.25) is 0 Å². The molecule has 0 bridgehead atoms. The minimum atomic E-state index is -0.766. The third kappa shape index (κ3) is 3.14. The van der Waals surface area contributed by atoms with Crippen molar-refractivity contribution in [3.63, 3.8) is 0 Å². The predicted molar refractivity (Wildman–Crippen MR) is 93.5 cm³/mol. The molecule has 8 heteroatoms. The van der Waals surface area contributed by atoms with Gasteiger partial charge in [0.05, 0.1) is 7.11 Å². The fraction of sp³-hybridized carbons (Fsp3) is 0.438. The molecule has 1 aromatic rings. The number of anilines is 1. The van der Waals surface area contributed by atoms with Crippen LogP contribution in [0.3, 0.4) is 0 Å². The molecule has 1 aliphatic heterocycles. The van der Waals surface area contributed by atoms with Gasteiger partial charge in [-0.25, -0.2) is 4.79 Å². The minimum absolute atomic E-state index is 0.177. The lowest BCUT2D eigenvalue weighted by Crippen LogP contribution is -2.51. The fourth-order valence-electron chi connectivity index (χ4n) is 3.15. The highest BCUT2D eigenvalue weighted by Crippen LogP contribution is 2.33. The summed E-state index contributed by atoms with van der Waals surface area (Å²) in [4.78, 5) is 24.8. The Kier molecular flexibility index (Phi) is 4.57. The summed E-state index contributed by atoms with van der Waals surface area (Å²) in [5, 5.41) is 6.92. The largest absolute Gasteiger partial charge is 0.497 e. The topological polar surface area (TPSA) is 82.7 Å². The molecule has 0 unspecified atom stereocenters. The first-order valence-corrected chi connectivity index (χ1v) is 8.33. The van der Waals surface area contributed by atoms with Crippen LogP contribution < -0.4 is 20.8 Å². The second-order valence-corrected chi connectivity index (χ2v) is 6.42. The van der Waals surface area contributed by atoms with Gasteiger partial charge in [-0.2, -0.15) is 5.01 Å². The molecule has 128 valence electrons. The van der Waals surface area contributed by atoms with Crippen molar-refractivity contribution in [2.24, 2.45) is 0 Å². The van der Waals surface area contributed by atoms with Crippen molar-refractivity contribution in [1.82, 2.24) is 15.8 Å². The number of rotatable bonds is 3. The number of hydrazine groups is 1. The van der Waals surface area contributed by atoms with Gasteiger partial charge >= 0.3 is 6.03 Å². The third-order valence-electron chi connectivity index (χ3n) is 4.43. The molecule has 0 radical (unpaired) electrons. The Balaban J connectivity index is 1.63. The highest BCUT2D eigenvalue weighted by molar-refractivity contribution is 7.80. The molecule has 2 fully saturated rings. The van der Waals surface area contributed by atoms with Gasteiger partial charge in [-0.05, 0) is 49.3 Å². The van der Waals surface area contributed by atoms with Crippen LogP contribution in [0.5, 0.6) is 5.75 Å². The van der Waals surface area contributed by atoms with Gasteiger partial charge in [0.2, 0.25) is 0 Å². The first-order valence-electron chi connectivity index (χ1n) is 7.92. The monoisotopic (exact) mass is 348 g/mol. The van der Waals surface area contributed by atoms with Crippen LogP contribution in [-0.4, -0.2) is 34.7 Å². The summed E-state index contributed by atoms with van der Waals surface area (Å²) in [6.07, 6.45) is 4.32. The highest BCUT2D eigenvalue weighted by Gasteiger charge is 2.51. The van der Waals surface area contributed by atoms with Crippen molar-refractivity contribution in [1.29, 1.82) is 0 Å². The average Bonchev–Trinajstić information content (AvgIpc) is 2.80. The molecule has 1 heterocycles. The molecule has 3 rings (SSSR count). The van der Waals surface area contributed by atoms with Crippen molar-refractivity contribution in [2.75, 3.05) is 12.4 Å². The van der Waals surface area contributed by atoms with E-state index in [1.165, 1.54) is 0 Å². The molecule has 1 spiro atoms. The summed E-state index contributed by atoms with van der Waals surface area (Å²) in [5.74, 6) is 0.471. The Morgan fingerprint density at radius 1 is 1.21 bits per heavy atom. The van der Waals surface area contributed by atoms with E-state index in [0.717, 1.165) is 35.7 Å². The summed E-state index contributed by atoms with van der Waals surface area (Å²) in [6, 6.07) is 6.70. The number of carbonyl (C=O) groups is 2. The van der Waals surface area contributed by atoms with Crippen LogP contribution in [-0.2, 0) is 4.79 Å². The van der Waals surface area contributed by atoms with E-state index in [4.69, 9.17) is 17.0 Å². The molecular formula is C16H20N4O3S. The average molecular weight is 348 g/mol. The first kappa shape index (κ1) is 16.5. The van der Waals surface area contributed by atoms with Gasteiger partial charge in [0.25, 0.3) is 5.91 Å². The normalized spacial score (nSPS) is 19.1. The van der Waals surface area contributed by atoms with E-state index in [1.807, 2.05) is 0 Å². The molecule has 1 saturated carbocycles. The number of nitrogens with zero attached hydrogens (tertiary/aromatic N) is 1. The summed E-state index contributed by atoms with van der Waals surface area (Å²) < 4.78 is 5.09. The maximum Gasteiger partial charge on any atom is 0.344 e. The lowest BCUT2D eigenvalue weighted by atomic mass is 9.82. The number of hydrogen-bond acceptors (Lipinski definition) is 4. The molecule has 2 aliphatic rings. The Morgan fingerprint density at radius 3 is 2.50 bits per heavy atom. The standard InChI is InChI=1S/C16H20N4O3S/c1-23-12-7-5-11(6-8-12)17-14(24)19-20-13(21)16(18-15(20)22)9-3-2-4-10-16/h5-8H,2-4,9-10H2,1H3,(H,18,22)(H2,17,19,24). The Morgan fingerprint density at radius 2 is 1.88 bits per heavy atom. The fourth-order valence-corrected chi connectivity index (χ4v) is 3.36. The van der Waals surface area contributed by atoms with Crippen LogP contribution in [0.15, 0.2) is 24.3 Å². The lowest BCUT2D eigenvalue weighted by molar-refractivity contribution is -0.133. The van der Waals surface area contributed by atoms with Crippen molar-refractivity contribution in [3.8, 4) is 5.75 Å². The smallest absolute Gasteiger partial charge is 0.344 e. The number of amides is 3. The van der Waals surface area contributed by atoms with Crippen molar-refractivity contribution >= 4 is 35.0 Å². The summed E-state index contributed by atoms with van der Waals surface area (Å²) in [7, 11) is 1.59. The Bertz CT molecular complexity index is 656. The number of thiocarbonyl (C=S) groups is 1. The molecule has 1 aliphatic carbocycles. The zero-order chi connectivity index (χ0) is 17.2. The second-order valence-electron chi connectivity index (χ2n) is 6.01. The molecule has 1 saturated heterocycles. The zero-order valence-corrected chi connectivity index (χ0v) is 14.2. The van der Waals surface area contributed by atoms with Gasteiger partial charge in [0.15, 0.2) is 5.11 Å². The number of nitrogens with one attached hydrogen (secondary N) is 3. The number of benzene rings is 1. The molecule has 3 amide bonds. The first-order chi connectivity index (χ1) is 11.5. The summed E-state index contributed by atoms with van der Waals surface area (Å²) in [5.41, 5.74) is 2.65. The van der Waals surface area contributed by atoms with E-state index in [9.17, 15) is 9.59 Å². The maximum atomic E-state index is 12.6. The lowest BCUT2D eigenvalue weighted by Gasteiger charge is -2.30. The van der Waals surface area contributed by atoms with Crippen molar-refractivity contribution in [3.05, 3.63) is 24.3 Å². The molecule has 0 atom stereocenters. The molecule has 7 nitrogen and oxygen atoms in total. The van der Waals surface area contributed by atoms with Crippen LogP contribution in [0.1, 0.15) is 32.1 Å². The van der Waals surface area contributed by atoms with Crippen LogP contribution in [0, 0.1) is 0 Å². The number of imide groups is 1. The number of ether oxygens (including phenoxy) is 1. The second kappa shape index (κ2) is 6.64. The number of carbonyl (C=O) groups excluding carboxylic acids is 2. The van der Waals surface area contributed by atoms with E-state index in [0.29, 0.717) is 12.8 Å². The van der Waals surface area contributed by atoms with E-state index in [1.54, 1.807) is 31.4 Å². The molecule has 24 heavy (non-hydrogen) atoms. The van der Waals surface area contributed by atoms with E-state index in [-0.39, 0.29) is 11.0 Å². The van der Waals surface area contributed by atoms with Crippen molar-refractivity contribution < 1.29 is 14.3 Å². The summed E-state index contributed by atoms with van der Waals surface area (Å²) >= 11 is 5.20. The van der Waals surface area contributed by atoms with Gasteiger partial charge in [0.1, 0.15) is 11.3 Å². The molecular weight excluding hydrogens is 328 g/mol. The summed E-state index contributed by atoms with van der Waals surface area (Å²) in [6.45, 7) is 0. The van der Waals surface area contributed by atoms with Crippen LogP contribution in [0.4, 0.5) is 10.5 Å². The van der Waals surface area contributed by atoms with E-state index >= 15 is 0 Å². The predicted octanol–water partition coefficient (Wildman–Crippen LogP) is 2.15. The SMILES string of the molecule is COc1ccc(NC(=S)NN2C(=O)NC3(CCCCC3)C2=O)cc1. The maximum absolute atomic E-state index is 12.6. The third-order valence-corrected chi connectivity index (χ3v) is 4.62. The van der Waals surface area contributed by atoms with E-state index in [2.05, 4.69) is 16.1 Å². The number of hydrogen-bond donors (Lipinski definition) is 3. The van der Waals surface area contributed by atoms with Crippen molar-refractivity contribution in [2.45, 2.75) is 37.6 Å². The van der Waals surface area contributed by atoms with Gasteiger partial charge < -0.3 is 15.4 Å². The zero-order valence-electron chi connectivity index (χ0n) is 13.4. The molecule has 1 aromatic carbocycles. The van der Waals surface area contributed by atoms with Crippen LogP contribution in [0.25, 0.3) is 0 Å². The van der Waals surface area contributed by atoms with Crippen LogP contribution >= 0.6 is 12.2 Å². The Hall–Kier alpha value is -2.35. The highest BCUT2D eigenvalue weighted by atomic mass is 32.1. The molecule has 3 N–H and O–H groups in total. The molecule has 0 aromatic heterocycles. The van der Waals surface area contributed by atoms with E-state index < -0.39 is 11.6 Å². The van der Waals surface area contributed by atoms with Gasteiger partial charge in [-0.15, -0.1) is 0 Å². The van der Waals surface area contributed by atoms with Gasteiger partial charge in [-0.1, -0.05) is 19.3 Å². The minimum Gasteiger partial charge on any atom is -0.497 e. The quantitative estimate of drug-likeness (QED) is 0.573. The number of urea groups is 1.